The molecular weight excluding hydrogens is 224 g/mol. The molecule has 1 aliphatic heterocycles. The van der Waals surface area contributed by atoms with Crippen molar-refractivity contribution in [3.05, 3.63) is 18.1 Å². The lowest BCUT2D eigenvalue weighted by Gasteiger charge is -2.40. The van der Waals surface area contributed by atoms with Crippen LogP contribution in [0.1, 0.15) is 32.3 Å². The highest BCUT2D eigenvalue weighted by molar-refractivity contribution is 5.91. The fourth-order valence-electron chi connectivity index (χ4n) is 2.86. The number of aromatic amines is 1. The normalized spacial score (nSPS) is 16.2. The first-order chi connectivity index (χ1) is 8.83. The molecule has 4 nitrogen and oxygen atoms in total. The molecule has 0 saturated carbocycles. The van der Waals surface area contributed by atoms with Crippen LogP contribution < -0.4 is 4.90 Å². The Hall–Kier alpha value is -1.58. The van der Waals surface area contributed by atoms with Crippen LogP contribution in [0.25, 0.3) is 11.0 Å². The van der Waals surface area contributed by atoms with Crippen LogP contribution in [0.2, 0.25) is 0 Å². The van der Waals surface area contributed by atoms with E-state index in [0.29, 0.717) is 0 Å². The number of anilines is 1. The number of hydrogen-bond acceptors (Lipinski definition) is 3. The van der Waals surface area contributed by atoms with Gasteiger partial charge in [-0.1, -0.05) is 20.3 Å². The lowest BCUT2D eigenvalue weighted by atomic mass is 9.94. The van der Waals surface area contributed by atoms with Crippen LogP contribution in [0.5, 0.6) is 0 Å². The molecule has 18 heavy (non-hydrogen) atoms. The molecule has 1 saturated heterocycles. The highest BCUT2D eigenvalue weighted by Gasteiger charge is 2.28. The van der Waals surface area contributed by atoms with Gasteiger partial charge in [0.2, 0.25) is 0 Å². The van der Waals surface area contributed by atoms with Crippen molar-refractivity contribution in [1.29, 1.82) is 0 Å². The second kappa shape index (κ2) is 4.59. The van der Waals surface area contributed by atoms with Gasteiger partial charge in [-0.15, -0.1) is 0 Å². The van der Waals surface area contributed by atoms with Crippen molar-refractivity contribution >= 4 is 16.9 Å². The summed E-state index contributed by atoms with van der Waals surface area (Å²) in [6.07, 6.45) is 7.36. The summed E-state index contributed by atoms with van der Waals surface area (Å²) in [6.45, 7) is 6.73. The maximum Gasteiger partial charge on any atom is 0.143 e. The molecule has 0 aromatic carbocycles. The van der Waals surface area contributed by atoms with E-state index in [-0.39, 0.29) is 0 Å². The van der Waals surface area contributed by atoms with Crippen molar-refractivity contribution in [2.45, 2.75) is 33.1 Å². The maximum atomic E-state index is 4.50. The molecule has 0 atom stereocenters. The maximum absolute atomic E-state index is 4.50. The summed E-state index contributed by atoms with van der Waals surface area (Å²) in [5.41, 5.74) is 2.29. The van der Waals surface area contributed by atoms with E-state index in [1.54, 1.807) is 6.33 Å². The summed E-state index contributed by atoms with van der Waals surface area (Å²) in [7, 11) is 0. The Kier molecular flexibility index (Phi) is 2.94. The lowest BCUT2D eigenvalue weighted by molar-refractivity contribution is 0.379. The third kappa shape index (κ3) is 1.76. The van der Waals surface area contributed by atoms with Crippen LogP contribution in [0.15, 0.2) is 12.5 Å². The summed E-state index contributed by atoms with van der Waals surface area (Å²) in [6, 6.07) is 0. The molecule has 1 fully saturated rings. The SMILES string of the molecule is CCCC1CN(c2ncnc3[nH]cc(CC)c23)C1. The number of nitrogens with one attached hydrogen (secondary N) is 1. The van der Waals surface area contributed by atoms with Crippen LogP contribution in [0.3, 0.4) is 0 Å². The highest BCUT2D eigenvalue weighted by Crippen LogP contribution is 2.32. The van der Waals surface area contributed by atoms with Crippen molar-refractivity contribution in [2.24, 2.45) is 5.92 Å². The molecule has 3 rings (SSSR count). The van der Waals surface area contributed by atoms with Gasteiger partial charge in [0, 0.05) is 19.3 Å². The van der Waals surface area contributed by atoms with Crippen molar-refractivity contribution in [1.82, 2.24) is 15.0 Å². The molecular formula is C14H20N4. The van der Waals surface area contributed by atoms with E-state index in [1.807, 2.05) is 0 Å². The molecule has 2 aromatic rings. The van der Waals surface area contributed by atoms with E-state index in [2.05, 4.69) is 39.9 Å². The van der Waals surface area contributed by atoms with E-state index in [9.17, 15) is 0 Å². The average Bonchev–Trinajstić information content (AvgIpc) is 2.76. The minimum Gasteiger partial charge on any atom is -0.355 e. The van der Waals surface area contributed by atoms with Gasteiger partial charge in [0.15, 0.2) is 0 Å². The molecule has 1 N–H and O–H groups in total. The van der Waals surface area contributed by atoms with Crippen molar-refractivity contribution in [3.63, 3.8) is 0 Å². The third-order valence-electron chi connectivity index (χ3n) is 3.87. The Morgan fingerprint density at radius 3 is 2.89 bits per heavy atom. The van der Waals surface area contributed by atoms with Gasteiger partial charge in [0.1, 0.15) is 17.8 Å². The van der Waals surface area contributed by atoms with Gasteiger partial charge in [-0.25, -0.2) is 9.97 Å². The molecule has 3 heterocycles. The van der Waals surface area contributed by atoms with Crippen LogP contribution in [-0.4, -0.2) is 28.0 Å². The van der Waals surface area contributed by atoms with Crippen molar-refractivity contribution in [2.75, 3.05) is 18.0 Å². The second-order valence-electron chi connectivity index (χ2n) is 5.15. The molecule has 0 spiro atoms. The first-order valence-electron chi connectivity index (χ1n) is 6.89. The van der Waals surface area contributed by atoms with E-state index in [0.717, 1.165) is 36.9 Å². The van der Waals surface area contributed by atoms with Crippen molar-refractivity contribution in [3.8, 4) is 0 Å². The average molecular weight is 244 g/mol. The summed E-state index contributed by atoms with van der Waals surface area (Å²) in [5, 5.41) is 1.22. The van der Waals surface area contributed by atoms with Crippen LogP contribution in [0.4, 0.5) is 5.82 Å². The van der Waals surface area contributed by atoms with Gasteiger partial charge in [-0.05, 0) is 24.3 Å². The van der Waals surface area contributed by atoms with Gasteiger partial charge in [-0.3, -0.25) is 0 Å². The van der Waals surface area contributed by atoms with E-state index in [1.165, 1.54) is 23.8 Å². The third-order valence-corrected chi connectivity index (χ3v) is 3.87. The minimum absolute atomic E-state index is 0.851. The fraction of sp³-hybridized carbons (Fsp3) is 0.571. The smallest absolute Gasteiger partial charge is 0.143 e. The monoisotopic (exact) mass is 244 g/mol. The van der Waals surface area contributed by atoms with Crippen LogP contribution in [-0.2, 0) is 6.42 Å². The standard InChI is InChI=1S/C14H20N4/c1-3-5-10-7-18(8-10)14-12-11(4-2)6-15-13(12)16-9-17-14/h6,9-10H,3-5,7-8H2,1-2H3,(H,15,16,17). The zero-order valence-electron chi connectivity index (χ0n) is 11.1. The Balaban J connectivity index is 1.90. The summed E-state index contributed by atoms with van der Waals surface area (Å²) < 4.78 is 0. The molecule has 0 amide bonds. The van der Waals surface area contributed by atoms with Crippen molar-refractivity contribution < 1.29 is 0 Å². The predicted octanol–water partition coefficient (Wildman–Crippen LogP) is 2.76. The predicted molar refractivity (Wildman–Crippen MR) is 73.9 cm³/mol. The zero-order chi connectivity index (χ0) is 12.5. The summed E-state index contributed by atoms with van der Waals surface area (Å²) in [4.78, 5) is 14.4. The number of fused-ring (bicyclic) bond motifs is 1. The van der Waals surface area contributed by atoms with Crippen LogP contribution in [0, 0.1) is 5.92 Å². The highest BCUT2D eigenvalue weighted by atomic mass is 15.2. The molecule has 0 unspecified atom stereocenters. The largest absolute Gasteiger partial charge is 0.355 e. The number of H-pyrrole nitrogens is 1. The minimum atomic E-state index is 0.851. The van der Waals surface area contributed by atoms with E-state index < -0.39 is 0 Å². The second-order valence-corrected chi connectivity index (χ2v) is 5.15. The molecule has 4 heteroatoms. The Bertz CT molecular complexity index is 540. The Morgan fingerprint density at radius 1 is 1.33 bits per heavy atom. The topological polar surface area (TPSA) is 44.8 Å². The molecule has 0 aliphatic carbocycles. The fourth-order valence-corrected chi connectivity index (χ4v) is 2.86. The number of aromatic nitrogens is 3. The molecule has 1 aliphatic rings. The Morgan fingerprint density at radius 2 is 2.17 bits per heavy atom. The quantitative estimate of drug-likeness (QED) is 0.899. The molecule has 2 aromatic heterocycles. The van der Waals surface area contributed by atoms with Gasteiger partial charge < -0.3 is 9.88 Å². The van der Waals surface area contributed by atoms with Gasteiger partial charge in [-0.2, -0.15) is 0 Å². The first-order valence-corrected chi connectivity index (χ1v) is 6.89. The van der Waals surface area contributed by atoms with E-state index >= 15 is 0 Å². The Labute approximate surface area is 107 Å². The zero-order valence-corrected chi connectivity index (χ0v) is 11.1. The number of aryl methyl sites for hydroxylation is 1. The number of nitrogens with zero attached hydrogens (tertiary/aromatic N) is 3. The van der Waals surface area contributed by atoms with Gasteiger partial charge in [0.05, 0.1) is 5.39 Å². The first kappa shape index (κ1) is 11.5. The molecule has 96 valence electrons. The summed E-state index contributed by atoms with van der Waals surface area (Å²) in [5.74, 6) is 1.97. The summed E-state index contributed by atoms with van der Waals surface area (Å²) >= 11 is 0. The van der Waals surface area contributed by atoms with E-state index in [4.69, 9.17) is 0 Å². The number of rotatable bonds is 4. The van der Waals surface area contributed by atoms with Gasteiger partial charge in [0.25, 0.3) is 0 Å². The van der Waals surface area contributed by atoms with Gasteiger partial charge >= 0.3 is 0 Å². The number of hydrogen-bond donors (Lipinski definition) is 1. The molecule has 0 bridgehead atoms. The van der Waals surface area contributed by atoms with Crippen LogP contribution >= 0.6 is 0 Å². The molecule has 0 radical (unpaired) electrons. The lowest BCUT2D eigenvalue weighted by Crippen LogP contribution is -2.47.